The molecule has 3 heteroatoms. The zero-order valence-corrected chi connectivity index (χ0v) is 12.6. The van der Waals surface area contributed by atoms with Crippen LogP contribution < -0.4 is 0 Å². The maximum Gasteiger partial charge on any atom is 0.237 e. The molecule has 0 atom stereocenters. The van der Waals surface area contributed by atoms with Crippen LogP contribution in [-0.4, -0.2) is 23.7 Å². The number of amides is 1. The summed E-state index contributed by atoms with van der Waals surface area (Å²) in [5.74, 6) is -0.0483. The topological polar surface area (TPSA) is 20.3 Å². The first kappa shape index (κ1) is 13.9. The zero-order valence-electron chi connectivity index (χ0n) is 11.8. The van der Waals surface area contributed by atoms with Gasteiger partial charge in [0, 0.05) is 13.6 Å². The fourth-order valence-electron chi connectivity index (χ4n) is 2.71. The molecule has 0 aliphatic heterocycles. The van der Waals surface area contributed by atoms with Crippen LogP contribution in [0.25, 0.3) is 21.5 Å². The third-order valence-electron chi connectivity index (χ3n) is 3.82. The van der Waals surface area contributed by atoms with Gasteiger partial charge in [-0.05, 0) is 33.2 Å². The quantitative estimate of drug-likeness (QED) is 0.524. The minimum atomic E-state index is -0.0614. The SMILES string of the molecule is CN(Cc1c2ccccc2cc2ccccc12)C(=O)CCl. The lowest BCUT2D eigenvalue weighted by Crippen LogP contribution is -2.27. The predicted octanol–water partition coefficient (Wildman–Crippen LogP) is 4.19. The highest BCUT2D eigenvalue weighted by Crippen LogP contribution is 2.29. The van der Waals surface area contributed by atoms with Gasteiger partial charge in [0.15, 0.2) is 0 Å². The van der Waals surface area contributed by atoms with Gasteiger partial charge >= 0.3 is 0 Å². The van der Waals surface area contributed by atoms with E-state index in [2.05, 4.69) is 30.3 Å². The lowest BCUT2D eigenvalue weighted by Gasteiger charge is -2.19. The Hall–Kier alpha value is -2.06. The van der Waals surface area contributed by atoms with Crippen molar-refractivity contribution in [3.63, 3.8) is 0 Å². The first-order valence-corrected chi connectivity index (χ1v) is 7.43. The third-order valence-corrected chi connectivity index (χ3v) is 4.05. The van der Waals surface area contributed by atoms with E-state index in [4.69, 9.17) is 11.6 Å². The van der Waals surface area contributed by atoms with E-state index >= 15 is 0 Å². The number of carbonyl (C=O) groups excluding carboxylic acids is 1. The summed E-state index contributed by atoms with van der Waals surface area (Å²) in [5.41, 5.74) is 1.17. The van der Waals surface area contributed by atoms with Crippen LogP contribution in [0.15, 0.2) is 54.6 Å². The number of benzene rings is 3. The van der Waals surface area contributed by atoms with Gasteiger partial charge in [-0.3, -0.25) is 4.79 Å². The summed E-state index contributed by atoms with van der Waals surface area (Å²) < 4.78 is 0. The molecular weight excluding hydrogens is 282 g/mol. The molecule has 0 saturated carbocycles. The average Bonchev–Trinajstić information content (AvgIpc) is 2.53. The second-order valence-electron chi connectivity index (χ2n) is 5.18. The Balaban J connectivity index is 2.22. The fraction of sp³-hybridized carbons (Fsp3) is 0.167. The van der Waals surface area contributed by atoms with E-state index in [9.17, 15) is 4.79 Å². The minimum absolute atomic E-state index is 0.0131. The van der Waals surface area contributed by atoms with Gasteiger partial charge in [-0.2, -0.15) is 0 Å². The number of hydrogen-bond acceptors (Lipinski definition) is 1. The summed E-state index contributed by atoms with van der Waals surface area (Å²) in [5, 5.41) is 4.76. The zero-order chi connectivity index (χ0) is 14.8. The number of alkyl halides is 1. The van der Waals surface area contributed by atoms with Gasteiger partial charge in [0.1, 0.15) is 5.88 Å². The Kier molecular flexibility index (Phi) is 3.80. The van der Waals surface area contributed by atoms with Crippen LogP contribution in [0.5, 0.6) is 0 Å². The van der Waals surface area contributed by atoms with Crippen molar-refractivity contribution in [3.8, 4) is 0 Å². The number of fused-ring (bicyclic) bond motifs is 2. The summed E-state index contributed by atoms with van der Waals surface area (Å²) in [6.45, 7) is 0.563. The third kappa shape index (κ3) is 2.59. The number of hydrogen-bond donors (Lipinski definition) is 0. The van der Waals surface area contributed by atoms with E-state index in [1.54, 1.807) is 11.9 Å². The van der Waals surface area contributed by atoms with E-state index in [-0.39, 0.29) is 11.8 Å². The number of nitrogens with zero attached hydrogens (tertiary/aromatic N) is 1. The van der Waals surface area contributed by atoms with Crippen LogP contribution >= 0.6 is 11.6 Å². The van der Waals surface area contributed by atoms with Crippen LogP contribution in [-0.2, 0) is 11.3 Å². The van der Waals surface area contributed by atoms with Crippen molar-refractivity contribution in [1.29, 1.82) is 0 Å². The summed E-state index contributed by atoms with van der Waals surface area (Å²) in [6.07, 6.45) is 0. The molecule has 0 N–H and O–H groups in total. The van der Waals surface area contributed by atoms with Crippen molar-refractivity contribution in [1.82, 2.24) is 4.90 Å². The van der Waals surface area contributed by atoms with Gasteiger partial charge in [0.2, 0.25) is 5.91 Å². The predicted molar refractivity (Wildman–Crippen MR) is 88.6 cm³/mol. The highest BCUT2D eigenvalue weighted by Gasteiger charge is 2.12. The number of carbonyl (C=O) groups is 1. The number of rotatable bonds is 3. The average molecular weight is 298 g/mol. The first-order valence-electron chi connectivity index (χ1n) is 6.90. The molecule has 0 fully saturated rings. The van der Waals surface area contributed by atoms with Gasteiger partial charge in [-0.1, -0.05) is 48.5 Å². The van der Waals surface area contributed by atoms with Crippen molar-refractivity contribution in [2.45, 2.75) is 6.54 Å². The molecule has 0 saturated heterocycles. The lowest BCUT2D eigenvalue weighted by molar-refractivity contribution is -0.127. The Morgan fingerprint density at radius 3 is 2.05 bits per heavy atom. The molecule has 1 amide bonds. The van der Waals surface area contributed by atoms with Crippen LogP contribution in [0.1, 0.15) is 5.56 Å². The van der Waals surface area contributed by atoms with Crippen molar-refractivity contribution >= 4 is 39.1 Å². The second-order valence-corrected chi connectivity index (χ2v) is 5.45. The van der Waals surface area contributed by atoms with Crippen molar-refractivity contribution in [2.75, 3.05) is 12.9 Å². The molecule has 106 valence electrons. The fourth-order valence-corrected chi connectivity index (χ4v) is 2.91. The van der Waals surface area contributed by atoms with Crippen LogP contribution in [0.2, 0.25) is 0 Å². The molecule has 0 radical (unpaired) electrons. The highest BCUT2D eigenvalue weighted by atomic mass is 35.5. The Morgan fingerprint density at radius 2 is 1.52 bits per heavy atom. The molecule has 3 aromatic carbocycles. The molecular formula is C18H16ClNO. The molecule has 0 aromatic heterocycles. The Bertz CT molecular complexity index is 759. The van der Waals surface area contributed by atoms with Gasteiger partial charge in [-0.25, -0.2) is 0 Å². The molecule has 21 heavy (non-hydrogen) atoms. The van der Waals surface area contributed by atoms with E-state index in [1.165, 1.54) is 27.1 Å². The van der Waals surface area contributed by atoms with E-state index in [0.29, 0.717) is 6.54 Å². The minimum Gasteiger partial charge on any atom is -0.340 e. The van der Waals surface area contributed by atoms with Crippen LogP contribution in [0, 0.1) is 0 Å². The van der Waals surface area contributed by atoms with E-state index < -0.39 is 0 Å². The maximum absolute atomic E-state index is 11.8. The van der Waals surface area contributed by atoms with E-state index in [0.717, 1.165) is 0 Å². The highest BCUT2D eigenvalue weighted by molar-refractivity contribution is 6.27. The largest absolute Gasteiger partial charge is 0.340 e. The maximum atomic E-state index is 11.8. The molecule has 3 rings (SSSR count). The standard InChI is InChI=1S/C18H16ClNO/c1-20(18(21)11-19)12-17-15-8-4-2-6-13(15)10-14-7-3-5-9-16(14)17/h2-10H,11-12H2,1H3. The molecule has 3 aromatic rings. The summed E-state index contributed by atoms with van der Waals surface area (Å²) >= 11 is 5.66. The smallest absolute Gasteiger partial charge is 0.237 e. The summed E-state index contributed by atoms with van der Waals surface area (Å²) in [6, 6.07) is 18.8. The Morgan fingerprint density at radius 1 is 1.00 bits per heavy atom. The first-order chi connectivity index (χ1) is 10.2. The summed E-state index contributed by atoms with van der Waals surface area (Å²) in [4.78, 5) is 13.5. The Labute approximate surface area is 128 Å². The van der Waals surface area contributed by atoms with Gasteiger partial charge in [-0.15, -0.1) is 11.6 Å². The molecule has 0 aliphatic rings. The van der Waals surface area contributed by atoms with Gasteiger partial charge in [0.25, 0.3) is 0 Å². The van der Waals surface area contributed by atoms with Crippen molar-refractivity contribution in [2.24, 2.45) is 0 Å². The monoisotopic (exact) mass is 297 g/mol. The van der Waals surface area contributed by atoms with Crippen LogP contribution in [0.4, 0.5) is 0 Å². The van der Waals surface area contributed by atoms with Gasteiger partial charge in [0.05, 0.1) is 0 Å². The molecule has 0 aliphatic carbocycles. The van der Waals surface area contributed by atoms with Crippen molar-refractivity contribution in [3.05, 3.63) is 60.2 Å². The van der Waals surface area contributed by atoms with Gasteiger partial charge < -0.3 is 4.90 Å². The molecule has 0 bridgehead atoms. The molecule has 0 spiro atoms. The molecule has 0 heterocycles. The van der Waals surface area contributed by atoms with Crippen LogP contribution in [0.3, 0.4) is 0 Å². The summed E-state index contributed by atoms with van der Waals surface area (Å²) in [7, 11) is 1.79. The normalized spacial score (nSPS) is 11.0. The second kappa shape index (κ2) is 5.74. The molecule has 0 unspecified atom stereocenters. The van der Waals surface area contributed by atoms with Crippen molar-refractivity contribution < 1.29 is 4.79 Å². The molecule has 2 nitrogen and oxygen atoms in total. The van der Waals surface area contributed by atoms with E-state index in [1.807, 2.05) is 24.3 Å². The number of halogens is 1. The lowest BCUT2D eigenvalue weighted by atomic mass is 9.96.